The minimum absolute atomic E-state index is 0.0261. The average Bonchev–Trinajstić information content (AvgIpc) is 2.64. The highest BCUT2D eigenvalue weighted by Crippen LogP contribution is 1.98. The fourth-order valence-electron chi connectivity index (χ4n) is 1.40. The third kappa shape index (κ3) is 3.77. The van der Waals surface area contributed by atoms with Crippen LogP contribution in [0.25, 0.3) is 0 Å². The van der Waals surface area contributed by atoms with Crippen molar-refractivity contribution in [2.75, 3.05) is 0 Å². The van der Waals surface area contributed by atoms with Gasteiger partial charge in [-0.15, -0.1) is 0 Å². The Morgan fingerprint density at radius 1 is 1.47 bits per heavy atom. The third-order valence-electron chi connectivity index (χ3n) is 2.15. The molecule has 0 aromatic carbocycles. The molecule has 1 atom stereocenters. The van der Waals surface area contributed by atoms with Gasteiger partial charge in [-0.3, -0.25) is 0 Å². The first kappa shape index (κ1) is 11.8. The number of aromatic nitrogens is 2. The van der Waals surface area contributed by atoms with Gasteiger partial charge in [-0.1, -0.05) is 26.2 Å². The van der Waals surface area contributed by atoms with E-state index in [0.29, 0.717) is 0 Å². The van der Waals surface area contributed by atoms with Crippen LogP contribution in [0.2, 0.25) is 0 Å². The van der Waals surface area contributed by atoms with Crippen molar-refractivity contribution in [3.05, 3.63) is 18.2 Å². The number of aryl methyl sites for hydroxylation is 1. The highest BCUT2D eigenvalue weighted by atomic mass is 15.0. The Balaban J connectivity index is 2.66. The highest BCUT2D eigenvalue weighted by Gasteiger charge is 1.98. The van der Waals surface area contributed by atoms with Gasteiger partial charge in [0.25, 0.3) is 0 Å². The molecule has 1 heterocycles. The molecule has 0 aliphatic heterocycles. The van der Waals surface area contributed by atoms with E-state index in [1.807, 2.05) is 6.20 Å². The van der Waals surface area contributed by atoms with Gasteiger partial charge in [0.05, 0.1) is 6.04 Å². The molecule has 1 rings (SSSR count). The molecule has 0 aliphatic carbocycles. The van der Waals surface area contributed by atoms with E-state index in [9.17, 15) is 0 Å². The summed E-state index contributed by atoms with van der Waals surface area (Å²) in [5.41, 5.74) is 5.81. The molecule has 15 heavy (non-hydrogen) atoms. The van der Waals surface area contributed by atoms with Gasteiger partial charge in [0, 0.05) is 18.9 Å². The van der Waals surface area contributed by atoms with E-state index in [1.54, 1.807) is 6.20 Å². The van der Waals surface area contributed by atoms with Crippen molar-refractivity contribution in [2.24, 2.45) is 5.73 Å². The zero-order chi connectivity index (χ0) is 11.1. The fraction of sp³-hybridized carbons (Fsp3) is 0.583. The van der Waals surface area contributed by atoms with Crippen molar-refractivity contribution in [3.8, 4) is 11.8 Å². The molecule has 0 saturated carbocycles. The second kappa shape index (κ2) is 6.26. The lowest BCUT2D eigenvalue weighted by molar-refractivity contribution is 0.670. The monoisotopic (exact) mass is 205 g/mol. The van der Waals surface area contributed by atoms with E-state index in [2.05, 4.69) is 35.2 Å². The summed E-state index contributed by atoms with van der Waals surface area (Å²) in [6.45, 7) is 5.21. The van der Waals surface area contributed by atoms with Crippen molar-refractivity contribution in [1.82, 2.24) is 9.55 Å². The minimum Gasteiger partial charge on any atom is -0.324 e. The van der Waals surface area contributed by atoms with Gasteiger partial charge in [-0.25, -0.2) is 4.98 Å². The van der Waals surface area contributed by atoms with Crippen LogP contribution in [0.3, 0.4) is 0 Å². The Labute approximate surface area is 91.7 Å². The van der Waals surface area contributed by atoms with Crippen molar-refractivity contribution < 1.29 is 0 Å². The van der Waals surface area contributed by atoms with Gasteiger partial charge in [0.15, 0.2) is 5.82 Å². The van der Waals surface area contributed by atoms with Crippen LogP contribution in [-0.4, -0.2) is 15.6 Å². The number of nitrogens with zero attached hydrogens (tertiary/aromatic N) is 2. The quantitative estimate of drug-likeness (QED) is 0.761. The predicted octanol–water partition coefficient (Wildman–Crippen LogP) is 1.77. The average molecular weight is 205 g/mol. The lowest BCUT2D eigenvalue weighted by Crippen LogP contribution is -2.16. The Morgan fingerprint density at radius 2 is 2.27 bits per heavy atom. The molecule has 2 N–H and O–H groups in total. The van der Waals surface area contributed by atoms with Gasteiger partial charge in [-0.05, 0) is 18.8 Å². The molecule has 1 aromatic heterocycles. The minimum atomic E-state index is -0.0261. The van der Waals surface area contributed by atoms with Gasteiger partial charge in [-0.2, -0.15) is 0 Å². The Hall–Kier alpha value is -1.27. The molecule has 82 valence electrons. The number of hydrogen-bond donors (Lipinski definition) is 1. The largest absolute Gasteiger partial charge is 0.324 e. The predicted molar refractivity (Wildman–Crippen MR) is 62.3 cm³/mol. The van der Waals surface area contributed by atoms with Gasteiger partial charge in [0.2, 0.25) is 0 Å². The van der Waals surface area contributed by atoms with Crippen LogP contribution in [0.15, 0.2) is 12.4 Å². The summed E-state index contributed by atoms with van der Waals surface area (Å²) in [6.07, 6.45) is 6.84. The summed E-state index contributed by atoms with van der Waals surface area (Å²) in [5, 5.41) is 0. The van der Waals surface area contributed by atoms with Crippen molar-refractivity contribution >= 4 is 0 Å². The summed E-state index contributed by atoms with van der Waals surface area (Å²) in [6, 6.07) is -0.0261. The van der Waals surface area contributed by atoms with Crippen LogP contribution < -0.4 is 5.73 Å². The number of rotatable bonds is 4. The molecule has 3 heteroatoms. The van der Waals surface area contributed by atoms with E-state index < -0.39 is 0 Å². The smallest absolute Gasteiger partial charge is 0.185 e. The van der Waals surface area contributed by atoms with Crippen LogP contribution in [-0.2, 0) is 6.54 Å². The third-order valence-corrected chi connectivity index (χ3v) is 2.15. The first-order valence-electron chi connectivity index (χ1n) is 5.56. The second-order valence-electron chi connectivity index (χ2n) is 3.61. The van der Waals surface area contributed by atoms with Crippen molar-refractivity contribution in [2.45, 2.75) is 45.7 Å². The standard InChI is InChI=1S/C12H19N3/c1-3-5-11(13)6-7-12-14-8-10-15(12)9-4-2/h8,10-11H,3-5,9,13H2,1-2H3. The maximum atomic E-state index is 5.81. The van der Waals surface area contributed by atoms with Gasteiger partial charge < -0.3 is 10.3 Å². The number of hydrogen-bond acceptors (Lipinski definition) is 2. The molecule has 0 aliphatic rings. The molecule has 0 amide bonds. The SMILES string of the molecule is CCCC(N)C#Cc1nccn1CCC. The topological polar surface area (TPSA) is 43.8 Å². The normalized spacial score (nSPS) is 11.9. The summed E-state index contributed by atoms with van der Waals surface area (Å²) in [4.78, 5) is 4.20. The zero-order valence-corrected chi connectivity index (χ0v) is 9.53. The molecule has 0 spiro atoms. The van der Waals surface area contributed by atoms with E-state index in [0.717, 1.165) is 31.6 Å². The van der Waals surface area contributed by atoms with E-state index in [4.69, 9.17) is 5.73 Å². The summed E-state index contributed by atoms with van der Waals surface area (Å²) < 4.78 is 2.06. The first-order chi connectivity index (χ1) is 7.27. The van der Waals surface area contributed by atoms with Crippen LogP contribution in [0.4, 0.5) is 0 Å². The summed E-state index contributed by atoms with van der Waals surface area (Å²) in [7, 11) is 0. The van der Waals surface area contributed by atoms with Crippen LogP contribution >= 0.6 is 0 Å². The molecule has 0 fully saturated rings. The van der Waals surface area contributed by atoms with Crippen molar-refractivity contribution in [3.63, 3.8) is 0 Å². The maximum absolute atomic E-state index is 5.81. The Bertz CT molecular complexity index is 343. The zero-order valence-electron chi connectivity index (χ0n) is 9.53. The Kier molecular flexibility index (Phi) is 4.92. The molecule has 0 saturated heterocycles. The fourth-order valence-corrected chi connectivity index (χ4v) is 1.40. The maximum Gasteiger partial charge on any atom is 0.185 e. The molecule has 1 unspecified atom stereocenters. The van der Waals surface area contributed by atoms with Crippen LogP contribution in [0.5, 0.6) is 0 Å². The molecule has 0 bridgehead atoms. The number of imidazole rings is 1. The number of nitrogens with two attached hydrogens (primary N) is 1. The van der Waals surface area contributed by atoms with Crippen molar-refractivity contribution in [1.29, 1.82) is 0 Å². The summed E-state index contributed by atoms with van der Waals surface area (Å²) in [5.74, 6) is 6.89. The molecular weight excluding hydrogens is 186 g/mol. The highest BCUT2D eigenvalue weighted by molar-refractivity contribution is 5.23. The molecule has 0 radical (unpaired) electrons. The van der Waals surface area contributed by atoms with Crippen LogP contribution in [0.1, 0.15) is 38.9 Å². The van der Waals surface area contributed by atoms with Gasteiger partial charge >= 0.3 is 0 Å². The second-order valence-corrected chi connectivity index (χ2v) is 3.61. The van der Waals surface area contributed by atoms with Crippen LogP contribution in [0, 0.1) is 11.8 Å². The van der Waals surface area contributed by atoms with E-state index in [1.165, 1.54) is 0 Å². The van der Waals surface area contributed by atoms with E-state index >= 15 is 0 Å². The lowest BCUT2D eigenvalue weighted by Gasteiger charge is -2.01. The molecular formula is C12H19N3. The Morgan fingerprint density at radius 3 is 2.93 bits per heavy atom. The molecule has 3 nitrogen and oxygen atoms in total. The van der Waals surface area contributed by atoms with E-state index in [-0.39, 0.29) is 6.04 Å². The first-order valence-corrected chi connectivity index (χ1v) is 5.56. The van der Waals surface area contributed by atoms with Gasteiger partial charge in [0.1, 0.15) is 0 Å². The summed E-state index contributed by atoms with van der Waals surface area (Å²) >= 11 is 0. The molecule has 1 aromatic rings. The lowest BCUT2D eigenvalue weighted by atomic mass is 10.2.